The summed E-state index contributed by atoms with van der Waals surface area (Å²) < 4.78 is 5.44. The predicted molar refractivity (Wildman–Crippen MR) is 133 cm³/mol. The zero-order chi connectivity index (χ0) is 19.7. The van der Waals surface area contributed by atoms with E-state index in [1.54, 1.807) is 6.26 Å². The Bertz CT molecular complexity index is 736. The van der Waals surface area contributed by atoms with Crippen LogP contribution in [-0.2, 0) is 13.0 Å². The van der Waals surface area contributed by atoms with Crippen molar-refractivity contribution in [2.75, 3.05) is 19.6 Å². The number of nitrogens with zero attached hydrogens (tertiary/aromatic N) is 2. The quantitative estimate of drug-likeness (QED) is 0.318. The maximum absolute atomic E-state index is 5.44. The zero-order valence-electron chi connectivity index (χ0n) is 17.8. The molecule has 0 radical (unpaired) electrons. The van der Waals surface area contributed by atoms with Gasteiger partial charge in [-0.2, -0.15) is 0 Å². The fourth-order valence-electron chi connectivity index (χ4n) is 4.40. The third-order valence-corrected chi connectivity index (χ3v) is 6.08. The van der Waals surface area contributed by atoms with Gasteiger partial charge in [-0.05, 0) is 43.4 Å². The number of hydrogen-bond acceptors (Lipinski definition) is 3. The molecule has 1 aliphatic carbocycles. The molecule has 1 aromatic heterocycles. The van der Waals surface area contributed by atoms with Crippen LogP contribution in [0.1, 0.15) is 49.8 Å². The van der Waals surface area contributed by atoms with E-state index in [9.17, 15) is 0 Å². The Kier molecular flexibility index (Phi) is 9.52. The predicted octanol–water partition coefficient (Wildman–Crippen LogP) is 4.58. The van der Waals surface area contributed by atoms with Crippen LogP contribution < -0.4 is 10.6 Å². The van der Waals surface area contributed by atoms with Crippen LogP contribution >= 0.6 is 24.0 Å². The normalized spacial score (nSPS) is 18.9. The van der Waals surface area contributed by atoms with Crippen LogP contribution in [0.5, 0.6) is 0 Å². The highest BCUT2D eigenvalue weighted by Crippen LogP contribution is 2.18. The summed E-state index contributed by atoms with van der Waals surface area (Å²) in [5, 5.41) is 7.42. The molecule has 6 heteroatoms. The van der Waals surface area contributed by atoms with Gasteiger partial charge in [0.2, 0.25) is 0 Å². The lowest BCUT2D eigenvalue weighted by Crippen LogP contribution is -2.50. The second-order valence-corrected chi connectivity index (χ2v) is 8.37. The Labute approximate surface area is 197 Å². The Balaban J connectivity index is 0.00000256. The van der Waals surface area contributed by atoms with E-state index in [1.807, 2.05) is 12.1 Å². The van der Waals surface area contributed by atoms with E-state index in [1.165, 1.54) is 31.2 Å². The van der Waals surface area contributed by atoms with E-state index >= 15 is 0 Å². The molecule has 2 heterocycles. The summed E-state index contributed by atoms with van der Waals surface area (Å²) in [6, 6.07) is 15.8. The number of rotatable bonds is 7. The van der Waals surface area contributed by atoms with Crippen molar-refractivity contribution in [3.05, 3.63) is 60.1 Å². The maximum Gasteiger partial charge on any atom is 0.191 e. The van der Waals surface area contributed by atoms with Crippen molar-refractivity contribution in [3.8, 4) is 0 Å². The second kappa shape index (κ2) is 12.3. The van der Waals surface area contributed by atoms with Crippen molar-refractivity contribution in [2.24, 2.45) is 4.99 Å². The van der Waals surface area contributed by atoms with Gasteiger partial charge >= 0.3 is 0 Å². The average molecular weight is 522 g/mol. The number of likely N-dealkylation sites (tertiary alicyclic amines) is 1. The van der Waals surface area contributed by atoms with Gasteiger partial charge in [-0.25, -0.2) is 0 Å². The van der Waals surface area contributed by atoms with Gasteiger partial charge in [0.15, 0.2) is 5.96 Å². The van der Waals surface area contributed by atoms with E-state index < -0.39 is 0 Å². The van der Waals surface area contributed by atoms with E-state index in [-0.39, 0.29) is 24.0 Å². The summed E-state index contributed by atoms with van der Waals surface area (Å²) in [6.45, 7) is 4.08. The summed E-state index contributed by atoms with van der Waals surface area (Å²) in [6.07, 6.45) is 10.1. The van der Waals surface area contributed by atoms with Crippen LogP contribution in [0.15, 0.2) is 58.1 Å². The third-order valence-electron chi connectivity index (χ3n) is 6.08. The number of piperidine rings is 1. The highest BCUT2D eigenvalue weighted by molar-refractivity contribution is 14.0. The van der Waals surface area contributed by atoms with Crippen molar-refractivity contribution < 1.29 is 4.42 Å². The minimum absolute atomic E-state index is 0. The first kappa shape index (κ1) is 23.1. The molecule has 2 fully saturated rings. The van der Waals surface area contributed by atoms with Gasteiger partial charge in [0.1, 0.15) is 5.76 Å². The lowest BCUT2D eigenvalue weighted by Gasteiger charge is -2.33. The number of nitrogens with one attached hydrogen (secondary N) is 2. The molecule has 1 aliphatic heterocycles. The van der Waals surface area contributed by atoms with E-state index in [2.05, 4.69) is 45.9 Å². The highest BCUT2D eigenvalue weighted by Gasteiger charge is 2.22. The minimum atomic E-state index is 0. The van der Waals surface area contributed by atoms with Gasteiger partial charge in [-0.15, -0.1) is 24.0 Å². The topological polar surface area (TPSA) is 52.8 Å². The Morgan fingerprint density at radius 1 is 0.933 bits per heavy atom. The Morgan fingerprint density at radius 3 is 2.30 bits per heavy atom. The lowest BCUT2D eigenvalue weighted by molar-refractivity contribution is 0.198. The fraction of sp³-hybridized carbons (Fsp3) is 0.542. The van der Waals surface area contributed by atoms with Crippen LogP contribution in [0.3, 0.4) is 0 Å². The maximum atomic E-state index is 5.44. The van der Waals surface area contributed by atoms with Gasteiger partial charge in [0, 0.05) is 44.7 Å². The van der Waals surface area contributed by atoms with E-state index in [0.29, 0.717) is 12.1 Å². The van der Waals surface area contributed by atoms with Crippen LogP contribution in [-0.4, -0.2) is 42.6 Å². The third kappa shape index (κ3) is 7.30. The molecule has 0 bridgehead atoms. The largest absolute Gasteiger partial charge is 0.469 e. The molecular weight excluding hydrogens is 487 g/mol. The molecule has 2 N–H and O–H groups in total. The van der Waals surface area contributed by atoms with Crippen LogP contribution in [0.2, 0.25) is 0 Å². The Hall–Kier alpha value is -1.54. The lowest BCUT2D eigenvalue weighted by atomic mass is 10.0. The minimum Gasteiger partial charge on any atom is -0.469 e. The molecule has 4 rings (SSSR count). The molecule has 0 atom stereocenters. The molecule has 164 valence electrons. The molecule has 1 saturated heterocycles. The van der Waals surface area contributed by atoms with Gasteiger partial charge in [0.05, 0.1) is 6.26 Å². The molecule has 30 heavy (non-hydrogen) atoms. The first-order valence-corrected chi connectivity index (χ1v) is 11.2. The summed E-state index contributed by atoms with van der Waals surface area (Å²) in [5.41, 5.74) is 1.40. The highest BCUT2D eigenvalue weighted by atomic mass is 127. The molecule has 0 unspecified atom stereocenters. The fourth-order valence-corrected chi connectivity index (χ4v) is 4.40. The smallest absolute Gasteiger partial charge is 0.191 e. The van der Waals surface area contributed by atoms with Crippen LogP contribution in [0.25, 0.3) is 0 Å². The standard InChI is InChI=1S/C24H34N4O.HI/c1-2-7-20(8-3-1)19-28-16-13-22(14-17-28)27-24(26-21-9-4-5-10-21)25-15-12-23-11-6-18-29-23;/h1-3,6-8,11,18,21-22H,4-5,9-10,12-17,19H2,(H2,25,26,27);1H. The Morgan fingerprint density at radius 2 is 1.63 bits per heavy atom. The molecule has 1 aromatic carbocycles. The van der Waals surface area contributed by atoms with E-state index in [4.69, 9.17) is 9.41 Å². The SMILES string of the molecule is I.c1ccc(CN2CCC(NC(=NCCc3ccco3)NC3CCCC3)CC2)cc1. The summed E-state index contributed by atoms with van der Waals surface area (Å²) in [4.78, 5) is 7.42. The molecular formula is C24H35IN4O. The number of furan rings is 1. The van der Waals surface area contributed by atoms with Crippen molar-refractivity contribution in [2.45, 2.75) is 63.6 Å². The molecule has 1 saturated carbocycles. The number of guanidine groups is 1. The van der Waals surface area contributed by atoms with Gasteiger partial charge in [-0.1, -0.05) is 43.2 Å². The van der Waals surface area contributed by atoms with Gasteiger partial charge in [-0.3, -0.25) is 9.89 Å². The second-order valence-electron chi connectivity index (χ2n) is 8.37. The van der Waals surface area contributed by atoms with Gasteiger partial charge < -0.3 is 15.1 Å². The zero-order valence-corrected chi connectivity index (χ0v) is 20.1. The molecule has 2 aromatic rings. The van der Waals surface area contributed by atoms with Crippen molar-refractivity contribution in [1.29, 1.82) is 0 Å². The van der Waals surface area contributed by atoms with Crippen molar-refractivity contribution >= 4 is 29.9 Å². The number of halogens is 1. The molecule has 5 nitrogen and oxygen atoms in total. The number of hydrogen-bond donors (Lipinski definition) is 2. The number of benzene rings is 1. The summed E-state index contributed by atoms with van der Waals surface area (Å²) in [5.74, 6) is 1.99. The number of aliphatic imine (C=N–C) groups is 1. The molecule has 2 aliphatic rings. The first-order valence-electron chi connectivity index (χ1n) is 11.2. The summed E-state index contributed by atoms with van der Waals surface area (Å²) in [7, 11) is 0. The van der Waals surface area contributed by atoms with Gasteiger partial charge in [0.25, 0.3) is 0 Å². The first-order chi connectivity index (χ1) is 14.3. The van der Waals surface area contributed by atoms with Crippen molar-refractivity contribution in [3.63, 3.8) is 0 Å². The summed E-state index contributed by atoms with van der Waals surface area (Å²) >= 11 is 0. The monoisotopic (exact) mass is 522 g/mol. The van der Waals surface area contributed by atoms with Crippen LogP contribution in [0, 0.1) is 0 Å². The van der Waals surface area contributed by atoms with Crippen molar-refractivity contribution in [1.82, 2.24) is 15.5 Å². The average Bonchev–Trinajstić information content (AvgIpc) is 3.45. The molecule has 0 amide bonds. The van der Waals surface area contributed by atoms with Crippen LogP contribution in [0.4, 0.5) is 0 Å². The molecule has 0 spiro atoms. The van der Waals surface area contributed by atoms with E-state index in [0.717, 1.165) is 57.2 Å².